The van der Waals surface area contributed by atoms with Crippen LogP contribution < -0.4 is 5.43 Å². The van der Waals surface area contributed by atoms with E-state index in [1.54, 1.807) is 5.12 Å². The topological polar surface area (TPSA) is 27.6 Å². The fourth-order valence-corrected chi connectivity index (χ4v) is 0.926. The third kappa shape index (κ3) is 2.41. The maximum absolute atomic E-state index is 4.04. The van der Waals surface area contributed by atoms with Gasteiger partial charge in [-0.15, -0.1) is 0 Å². The number of hydrogen-bond acceptors (Lipinski definition) is 3. The first-order valence-electron chi connectivity index (χ1n) is 2.40. The minimum atomic E-state index is 0.811. The van der Waals surface area contributed by atoms with Crippen molar-refractivity contribution in [3.05, 3.63) is 12.3 Å². The predicted molar refractivity (Wildman–Crippen MR) is 37.9 cm³/mol. The van der Waals surface area contributed by atoms with Gasteiger partial charge in [0, 0.05) is 0 Å². The fourth-order valence-electron chi connectivity index (χ4n) is 0.512. The average molecular weight is 253 g/mol. The van der Waals surface area contributed by atoms with E-state index in [-0.39, 0.29) is 0 Å². The standard InChI is InChI=1S/C4H5N3Se2/c8-4(9)6-7-3-1-2-5-7/h1-2,5H,3H2. The Morgan fingerprint density at radius 2 is 2.44 bits per heavy atom. The van der Waals surface area contributed by atoms with Crippen LogP contribution in [0.25, 0.3) is 0 Å². The van der Waals surface area contributed by atoms with Crippen molar-refractivity contribution in [3.63, 3.8) is 0 Å². The Bertz CT molecular complexity index is 142. The molecule has 1 heterocycles. The Morgan fingerprint density at radius 3 is 2.89 bits per heavy atom. The van der Waals surface area contributed by atoms with Gasteiger partial charge in [0.15, 0.2) is 0 Å². The van der Waals surface area contributed by atoms with Crippen LogP contribution in [0.2, 0.25) is 0 Å². The first-order valence-corrected chi connectivity index (χ1v) is 4.12. The summed E-state index contributed by atoms with van der Waals surface area (Å²) in [6.45, 7) is 0.826. The molecule has 0 unspecified atom stereocenters. The second-order valence-corrected chi connectivity index (χ2v) is 4.41. The molecule has 9 heavy (non-hydrogen) atoms. The zero-order valence-electron chi connectivity index (χ0n) is 4.57. The molecule has 0 saturated carbocycles. The number of hydrazine groups is 1. The van der Waals surface area contributed by atoms with E-state index in [9.17, 15) is 0 Å². The van der Waals surface area contributed by atoms with Crippen LogP contribution in [0.5, 0.6) is 0 Å². The molecule has 0 atom stereocenters. The van der Waals surface area contributed by atoms with E-state index in [0.717, 1.165) is 10.1 Å². The van der Waals surface area contributed by atoms with Gasteiger partial charge >= 0.3 is 70.0 Å². The molecule has 1 aliphatic rings. The molecule has 0 fully saturated rings. The summed E-state index contributed by atoms with van der Waals surface area (Å²) < 4.78 is 0.811. The van der Waals surface area contributed by atoms with Crippen LogP contribution in [-0.4, -0.2) is 47.2 Å². The molecule has 0 bridgehead atoms. The molecule has 0 aromatic carbocycles. The van der Waals surface area contributed by atoms with Crippen molar-refractivity contribution in [1.82, 2.24) is 10.5 Å². The molecular formula is C4H5N3Se2. The van der Waals surface area contributed by atoms with Gasteiger partial charge in [-0.25, -0.2) is 0 Å². The van der Waals surface area contributed by atoms with Gasteiger partial charge in [0.2, 0.25) is 0 Å². The van der Waals surface area contributed by atoms with Crippen molar-refractivity contribution < 1.29 is 0 Å². The summed E-state index contributed by atoms with van der Waals surface area (Å²) in [6.07, 6.45) is 3.85. The summed E-state index contributed by atoms with van der Waals surface area (Å²) in [4.78, 5) is 0. The van der Waals surface area contributed by atoms with Crippen LogP contribution >= 0.6 is 0 Å². The Morgan fingerprint density at radius 1 is 1.67 bits per heavy atom. The molecule has 0 aromatic rings. The third-order valence-corrected chi connectivity index (χ3v) is 1.16. The van der Waals surface area contributed by atoms with E-state index < -0.39 is 0 Å². The summed E-state index contributed by atoms with van der Waals surface area (Å²) in [5.41, 5.74) is 2.91. The summed E-state index contributed by atoms with van der Waals surface area (Å²) >= 11 is 5.50. The molecule has 0 aromatic heterocycles. The Labute approximate surface area is 70.2 Å². The van der Waals surface area contributed by atoms with E-state index in [1.807, 2.05) is 12.3 Å². The monoisotopic (exact) mass is 255 g/mol. The first kappa shape index (κ1) is 7.16. The minimum absolute atomic E-state index is 0.811. The normalized spacial score (nSPS) is 15.3. The van der Waals surface area contributed by atoms with E-state index in [0.29, 0.717) is 0 Å². The summed E-state index contributed by atoms with van der Waals surface area (Å²) in [7, 11) is 0. The van der Waals surface area contributed by atoms with Gasteiger partial charge in [-0.1, -0.05) is 0 Å². The summed E-state index contributed by atoms with van der Waals surface area (Å²) in [5.74, 6) is 0. The molecule has 1 rings (SSSR count). The number of hydrogen-bond donors (Lipinski definition) is 1. The van der Waals surface area contributed by atoms with Crippen LogP contribution in [0.4, 0.5) is 0 Å². The van der Waals surface area contributed by atoms with Crippen LogP contribution in [0.15, 0.2) is 17.4 Å². The molecule has 3 nitrogen and oxygen atoms in total. The molecule has 2 radical (unpaired) electrons. The summed E-state index contributed by atoms with van der Waals surface area (Å²) in [6, 6.07) is 0. The zero-order valence-corrected chi connectivity index (χ0v) is 8.00. The van der Waals surface area contributed by atoms with E-state index in [4.69, 9.17) is 0 Å². The van der Waals surface area contributed by atoms with Gasteiger partial charge in [-0.3, -0.25) is 0 Å². The second kappa shape index (κ2) is 3.28. The van der Waals surface area contributed by atoms with Crippen molar-refractivity contribution in [3.8, 4) is 0 Å². The molecule has 0 saturated heterocycles. The molecule has 1 aliphatic heterocycles. The predicted octanol–water partition coefficient (Wildman–Crippen LogP) is -1.07. The number of nitrogens with zero attached hydrogens (tertiary/aromatic N) is 2. The number of hydrazone groups is 1. The van der Waals surface area contributed by atoms with Gasteiger partial charge in [0.1, 0.15) is 0 Å². The van der Waals surface area contributed by atoms with Crippen molar-refractivity contribution >= 4 is 35.5 Å². The zero-order chi connectivity index (χ0) is 6.69. The van der Waals surface area contributed by atoms with Crippen LogP contribution in [0.3, 0.4) is 0 Å². The Balaban J connectivity index is 2.38. The molecule has 0 spiro atoms. The van der Waals surface area contributed by atoms with Gasteiger partial charge in [0.05, 0.1) is 0 Å². The molecule has 0 amide bonds. The van der Waals surface area contributed by atoms with Gasteiger partial charge in [0.25, 0.3) is 0 Å². The Hall–Kier alpha value is 0.0490. The van der Waals surface area contributed by atoms with E-state index in [1.165, 1.54) is 0 Å². The van der Waals surface area contributed by atoms with Crippen molar-refractivity contribution in [2.45, 2.75) is 0 Å². The van der Waals surface area contributed by atoms with Gasteiger partial charge < -0.3 is 0 Å². The first-order chi connectivity index (χ1) is 4.29. The maximum atomic E-state index is 4.04. The molecule has 1 N–H and O–H groups in total. The molecule has 48 valence electrons. The third-order valence-electron chi connectivity index (χ3n) is 0.822. The van der Waals surface area contributed by atoms with Gasteiger partial charge in [-0.2, -0.15) is 0 Å². The van der Waals surface area contributed by atoms with E-state index >= 15 is 0 Å². The van der Waals surface area contributed by atoms with Crippen LogP contribution in [0, 0.1) is 0 Å². The molecular weight excluding hydrogens is 248 g/mol. The van der Waals surface area contributed by atoms with E-state index in [2.05, 4.69) is 42.6 Å². The molecule has 0 aliphatic carbocycles. The number of rotatable bonds is 1. The SMILES string of the molecule is [Se]C([Se])=NN1CC=CN1. The summed E-state index contributed by atoms with van der Waals surface area (Å²) in [5, 5.41) is 5.77. The number of nitrogens with one attached hydrogen (secondary N) is 1. The fraction of sp³-hybridized carbons (Fsp3) is 0.250. The van der Waals surface area contributed by atoms with Crippen molar-refractivity contribution in [2.75, 3.05) is 6.54 Å². The molecule has 5 heteroatoms. The van der Waals surface area contributed by atoms with Crippen molar-refractivity contribution in [2.24, 2.45) is 5.10 Å². The van der Waals surface area contributed by atoms with Gasteiger partial charge in [-0.05, 0) is 0 Å². The van der Waals surface area contributed by atoms with Crippen molar-refractivity contribution in [1.29, 1.82) is 0 Å². The average Bonchev–Trinajstić information content (AvgIpc) is 2.15. The van der Waals surface area contributed by atoms with Crippen LogP contribution in [-0.2, 0) is 0 Å². The quantitative estimate of drug-likeness (QED) is 0.476. The van der Waals surface area contributed by atoms with Crippen LogP contribution in [0.1, 0.15) is 0 Å². The second-order valence-electron chi connectivity index (χ2n) is 1.48. The Kier molecular flexibility index (Phi) is 2.61.